The van der Waals surface area contributed by atoms with E-state index < -0.39 is 0 Å². The van der Waals surface area contributed by atoms with Crippen molar-refractivity contribution in [1.82, 2.24) is 4.98 Å². The molecule has 1 saturated heterocycles. The van der Waals surface area contributed by atoms with E-state index in [4.69, 9.17) is 0 Å². The van der Waals surface area contributed by atoms with Crippen molar-refractivity contribution < 1.29 is 0 Å². The highest BCUT2D eigenvalue weighted by molar-refractivity contribution is 9.10. The van der Waals surface area contributed by atoms with Crippen LogP contribution in [0.5, 0.6) is 0 Å². The summed E-state index contributed by atoms with van der Waals surface area (Å²) >= 11 is 5.48. The van der Waals surface area contributed by atoms with Crippen LogP contribution in [0, 0.1) is 0 Å². The first kappa shape index (κ1) is 10.3. The number of rotatable bonds is 3. The quantitative estimate of drug-likeness (QED) is 0.915. The average Bonchev–Trinajstić information content (AvgIpc) is 2.67. The summed E-state index contributed by atoms with van der Waals surface area (Å²) in [4.78, 5) is 4.11. The second kappa shape index (κ2) is 5.03. The minimum absolute atomic E-state index is 0.786. The van der Waals surface area contributed by atoms with Gasteiger partial charge >= 0.3 is 0 Å². The van der Waals surface area contributed by atoms with Gasteiger partial charge in [0.25, 0.3) is 0 Å². The van der Waals surface area contributed by atoms with Gasteiger partial charge in [0.2, 0.25) is 0 Å². The molecule has 1 aromatic heterocycles. The van der Waals surface area contributed by atoms with Crippen LogP contribution in [0.15, 0.2) is 22.9 Å². The lowest BCUT2D eigenvalue weighted by Gasteiger charge is -2.10. The average molecular weight is 273 g/mol. The molecule has 0 aromatic carbocycles. The molecule has 0 bridgehead atoms. The molecule has 1 aliphatic rings. The maximum atomic E-state index is 4.11. The first-order valence-electron chi connectivity index (χ1n) is 4.80. The fourth-order valence-corrected chi connectivity index (χ4v) is 3.11. The molecule has 0 radical (unpaired) electrons. The molecule has 76 valence electrons. The molecular weight excluding hydrogens is 260 g/mol. The van der Waals surface area contributed by atoms with Crippen molar-refractivity contribution >= 4 is 33.4 Å². The number of anilines is 1. The van der Waals surface area contributed by atoms with Crippen molar-refractivity contribution in [2.45, 2.75) is 18.1 Å². The van der Waals surface area contributed by atoms with E-state index in [1.54, 1.807) is 6.20 Å². The van der Waals surface area contributed by atoms with Crippen molar-refractivity contribution in [3.05, 3.63) is 22.9 Å². The van der Waals surface area contributed by atoms with Gasteiger partial charge < -0.3 is 5.32 Å². The second-order valence-corrected chi connectivity index (χ2v) is 5.73. The van der Waals surface area contributed by atoms with Crippen LogP contribution < -0.4 is 5.32 Å². The SMILES string of the molecule is Brc1cncc(NCC2CCCS2)c1. The number of pyridine rings is 1. The van der Waals surface area contributed by atoms with Gasteiger partial charge in [0, 0.05) is 22.5 Å². The summed E-state index contributed by atoms with van der Waals surface area (Å²) in [5, 5.41) is 4.20. The third kappa shape index (κ3) is 2.89. The Balaban J connectivity index is 1.85. The summed E-state index contributed by atoms with van der Waals surface area (Å²) in [6.07, 6.45) is 6.38. The van der Waals surface area contributed by atoms with E-state index in [0.717, 1.165) is 22.0 Å². The molecule has 1 N–H and O–H groups in total. The fraction of sp³-hybridized carbons (Fsp3) is 0.500. The number of nitrogens with zero attached hydrogens (tertiary/aromatic N) is 1. The van der Waals surface area contributed by atoms with Crippen molar-refractivity contribution in [3.8, 4) is 0 Å². The summed E-state index contributed by atoms with van der Waals surface area (Å²) in [5.74, 6) is 1.32. The van der Waals surface area contributed by atoms with Gasteiger partial charge in [-0.05, 0) is 40.6 Å². The highest BCUT2D eigenvalue weighted by Gasteiger charge is 2.14. The van der Waals surface area contributed by atoms with E-state index in [9.17, 15) is 0 Å². The molecular formula is C10H13BrN2S. The predicted octanol–water partition coefficient (Wildman–Crippen LogP) is 3.15. The molecule has 14 heavy (non-hydrogen) atoms. The van der Waals surface area contributed by atoms with Crippen LogP contribution in [0.25, 0.3) is 0 Å². The molecule has 1 fully saturated rings. The molecule has 1 aliphatic heterocycles. The largest absolute Gasteiger partial charge is 0.383 e. The molecule has 2 rings (SSSR count). The maximum absolute atomic E-state index is 4.11. The Morgan fingerprint density at radius 3 is 3.21 bits per heavy atom. The van der Waals surface area contributed by atoms with Gasteiger partial charge in [-0.2, -0.15) is 11.8 Å². The molecule has 4 heteroatoms. The molecule has 0 amide bonds. The van der Waals surface area contributed by atoms with E-state index >= 15 is 0 Å². The summed E-state index contributed by atoms with van der Waals surface area (Å²) in [5.41, 5.74) is 1.10. The lowest BCUT2D eigenvalue weighted by molar-refractivity contribution is 0.805. The standard InChI is InChI=1S/C10H13BrN2S/c11-8-4-9(6-12-5-8)13-7-10-2-1-3-14-10/h4-6,10,13H,1-3,7H2. The normalized spacial score (nSPS) is 21.1. The van der Waals surface area contributed by atoms with Crippen LogP contribution in [-0.2, 0) is 0 Å². The Labute approximate surface area is 97.0 Å². The summed E-state index contributed by atoms with van der Waals surface area (Å²) in [6.45, 7) is 1.06. The molecule has 1 aromatic rings. The zero-order chi connectivity index (χ0) is 9.80. The smallest absolute Gasteiger partial charge is 0.0538 e. The van der Waals surface area contributed by atoms with Gasteiger partial charge in [-0.15, -0.1) is 0 Å². The Kier molecular flexibility index (Phi) is 3.70. The first-order valence-corrected chi connectivity index (χ1v) is 6.65. The summed E-state index contributed by atoms with van der Waals surface area (Å²) < 4.78 is 1.03. The Morgan fingerprint density at radius 1 is 1.57 bits per heavy atom. The summed E-state index contributed by atoms with van der Waals surface area (Å²) in [6, 6.07) is 2.06. The monoisotopic (exact) mass is 272 g/mol. The highest BCUT2D eigenvalue weighted by atomic mass is 79.9. The van der Waals surface area contributed by atoms with Crippen molar-refractivity contribution in [3.63, 3.8) is 0 Å². The zero-order valence-corrected chi connectivity index (χ0v) is 10.3. The van der Waals surface area contributed by atoms with Crippen molar-refractivity contribution in [2.24, 2.45) is 0 Å². The third-order valence-electron chi connectivity index (χ3n) is 2.26. The van der Waals surface area contributed by atoms with E-state index in [1.807, 2.05) is 6.20 Å². The van der Waals surface area contributed by atoms with Crippen molar-refractivity contribution in [1.29, 1.82) is 0 Å². The van der Waals surface area contributed by atoms with E-state index in [-0.39, 0.29) is 0 Å². The second-order valence-electron chi connectivity index (χ2n) is 3.41. The number of nitrogens with one attached hydrogen (secondary N) is 1. The lowest BCUT2D eigenvalue weighted by atomic mass is 10.2. The van der Waals surface area contributed by atoms with Gasteiger partial charge in [-0.1, -0.05) is 0 Å². The minimum atomic E-state index is 0.786. The van der Waals surface area contributed by atoms with Crippen LogP contribution in [0.1, 0.15) is 12.8 Å². The van der Waals surface area contributed by atoms with Gasteiger partial charge in [-0.3, -0.25) is 4.98 Å². The number of halogens is 1. The van der Waals surface area contributed by atoms with Gasteiger partial charge in [0.1, 0.15) is 0 Å². The Bertz CT molecular complexity index is 300. The van der Waals surface area contributed by atoms with Gasteiger partial charge in [0.15, 0.2) is 0 Å². The molecule has 0 aliphatic carbocycles. The van der Waals surface area contributed by atoms with E-state index in [1.165, 1.54) is 18.6 Å². The van der Waals surface area contributed by atoms with E-state index in [2.05, 4.69) is 44.1 Å². The van der Waals surface area contributed by atoms with Gasteiger partial charge in [0.05, 0.1) is 11.9 Å². The summed E-state index contributed by atoms with van der Waals surface area (Å²) in [7, 11) is 0. The molecule has 1 unspecified atom stereocenters. The number of thioether (sulfide) groups is 1. The molecule has 0 spiro atoms. The molecule has 2 nitrogen and oxygen atoms in total. The molecule has 2 heterocycles. The van der Waals surface area contributed by atoms with Crippen LogP contribution in [0.2, 0.25) is 0 Å². The van der Waals surface area contributed by atoms with Gasteiger partial charge in [-0.25, -0.2) is 0 Å². The van der Waals surface area contributed by atoms with Crippen LogP contribution in [-0.4, -0.2) is 22.5 Å². The predicted molar refractivity (Wildman–Crippen MR) is 65.9 cm³/mol. The first-order chi connectivity index (χ1) is 6.84. The topological polar surface area (TPSA) is 24.9 Å². The molecule has 0 saturated carbocycles. The van der Waals surface area contributed by atoms with Crippen LogP contribution >= 0.6 is 27.7 Å². The highest BCUT2D eigenvalue weighted by Crippen LogP contribution is 2.26. The van der Waals surface area contributed by atoms with Crippen molar-refractivity contribution in [2.75, 3.05) is 17.6 Å². The third-order valence-corrected chi connectivity index (χ3v) is 4.09. The maximum Gasteiger partial charge on any atom is 0.0538 e. The van der Waals surface area contributed by atoms with Crippen LogP contribution in [0.3, 0.4) is 0 Å². The zero-order valence-electron chi connectivity index (χ0n) is 7.87. The number of hydrogen-bond acceptors (Lipinski definition) is 3. The number of hydrogen-bond donors (Lipinski definition) is 1. The van der Waals surface area contributed by atoms with E-state index in [0.29, 0.717) is 0 Å². The Morgan fingerprint density at radius 2 is 2.50 bits per heavy atom. The molecule has 1 atom stereocenters. The van der Waals surface area contributed by atoms with Crippen LogP contribution in [0.4, 0.5) is 5.69 Å². The fourth-order valence-electron chi connectivity index (χ4n) is 1.55. The Hall–Kier alpha value is -0.220. The number of aromatic nitrogens is 1. The minimum Gasteiger partial charge on any atom is -0.383 e. The lowest BCUT2D eigenvalue weighted by Crippen LogP contribution is -2.13.